The molecule has 65 heavy (non-hydrogen) atoms. The van der Waals surface area contributed by atoms with Crippen molar-refractivity contribution >= 4 is 88.6 Å². The number of aryl methyl sites for hydroxylation is 1. The summed E-state index contributed by atoms with van der Waals surface area (Å²) in [4.78, 5) is 55.6. The Balaban J connectivity index is 0.839. The zero-order valence-corrected chi connectivity index (χ0v) is 36.4. The average molecular weight is 907 g/mol. The van der Waals surface area contributed by atoms with E-state index in [0.717, 1.165) is 9.71 Å². The van der Waals surface area contributed by atoms with Gasteiger partial charge in [-0.2, -0.15) is 10.2 Å². The number of rotatable bonds is 6. The van der Waals surface area contributed by atoms with Gasteiger partial charge in [-0.15, -0.1) is 22.7 Å². The molecule has 8 heterocycles. The van der Waals surface area contributed by atoms with Gasteiger partial charge in [-0.25, -0.2) is 48.0 Å². The number of carbonyl (C=O) groups is 2. The summed E-state index contributed by atoms with van der Waals surface area (Å²) >= 11 is 2.74. The Bertz CT molecular complexity index is 3460. The zero-order valence-electron chi connectivity index (χ0n) is 34.8. The van der Waals surface area contributed by atoms with Gasteiger partial charge in [0.1, 0.15) is 52.3 Å². The number of hydrogen-bond donors (Lipinski definition) is 2. The SMILES string of the molecule is C=CC(=O)N1CC[C@H](n2nc(C#Cc3cc4nc(C(C)/C=C\C(=O)N5CC[C@H](n6nc(C#Cc7cc8nc(C)sc8cc7F)c7c(N)ncnc76)C5)sc4cc3F)c3c(N)ncnc32)C1. The van der Waals surface area contributed by atoms with Crippen LogP contribution in [0.25, 0.3) is 42.5 Å². The van der Waals surface area contributed by atoms with Crippen LogP contribution in [0.5, 0.6) is 0 Å². The maximum atomic E-state index is 15.5. The van der Waals surface area contributed by atoms with Crippen LogP contribution in [0.3, 0.4) is 0 Å². The van der Waals surface area contributed by atoms with Gasteiger partial charge in [-0.1, -0.05) is 31.4 Å². The lowest BCUT2D eigenvalue weighted by Gasteiger charge is -2.15. The molecule has 4 N–H and O–H groups in total. The average Bonchev–Trinajstić information content (AvgIpc) is 4.16. The van der Waals surface area contributed by atoms with E-state index in [1.165, 1.54) is 59.6 Å². The molecule has 16 nitrogen and oxygen atoms in total. The Morgan fingerprint density at radius 2 is 1.29 bits per heavy atom. The van der Waals surface area contributed by atoms with Crippen molar-refractivity contribution in [3.8, 4) is 23.7 Å². The number of hydrogen-bond acceptors (Lipinski definition) is 14. The number of fused-ring (bicyclic) bond motifs is 4. The van der Waals surface area contributed by atoms with Gasteiger partial charge in [0.2, 0.25) is 11.8 Å². The van der Waals surface area contributed by atoms with E-state index < -0.39 is 11.6 Å². The summed E-state index contributed by atoms with van der Waals surface area (Å²) in [5, 5.41) is 11.9. The minimum absolute atomic E-state index is 0.119. The van der Waals surface area contributed by atoms with Crippen LogP contribution in [0.15, 0.2) is 61.7 Å². The molecule has 0 spiro atoms. The van der Waals surface area contributed by atoms with Crippen LogP contribution < -0.4 is 11.5 Å². The van der Waals surface area contributed by atoms with Gasteiger partial charge in [0.15, 0.2) is 11.3 Å². The zero-order chi connectivity index (χ0) is 45.1. The molecule has 0 saturated carbocycles. The van der Waals surface area contributed by atoms with Crippen molar-refractivity contribution in [2.75, 3.05) is 37.6 Å². The van der Waals surface area contributed by atoms with E-state index in [4.69, 9.17) is 26.6 Å². The molecule has 6 aromatic heterocycles. The molecule has 8 aromatic rings. The number of thiazole rings is 2. The Labute approximate surface area is 376 Å². The minimum Gasteiger partial charge on any atom is -0.383 e. The number of nitrogen functional groups attached to an aromatic ring is 2. The molecule has 324 valence electrons. The number of amides is 2. The Kier molecular flexibility index (Phi) is 10.5. The van der Waals surface area contributed by atoms with E-state index in [1.54, 1.807) is 37.4 Å². The summed E-state index contributed by atoms with van der Waals surface area (Å²) in [6.07, 6.45) is 8.55. The van der Waals surface area contributed by atoms with E-state index >= 15 is 4.39 Å². The Morgan fingerprint density at radius 1 is 0.769 bits per heavy atom. The third-order valence-electron chi connectivity index (χ3n) is 11.5. The molecule has 1 unspecified atom stereocenters. The molecule has 0 bridgehead atoms. The molecule has 3 atom stereocenters. The van der Waals surface area contributed by atoms with E-state index in [2.05, 4.69) is 55.2 Å². The van der Waals surface area contributed by atoms with Gasteiger partial charge in [0, 0.05) is 32.1 Å². The monoisotopic (exact) mass is 906 g/mol. The van der Waals surface area contributed by atoms with Gasteiger partial charge in [-0.3, -0.25) is 9.59 Å². The van der Waals surface area contributed by atoms with Crippen molar-refractivity contribution in [1.29, 1.82) is 0 Å². The van der Waals surface area contributed by atoms with E-state index in [0.29, 0.717) is 87.5 Å². The maximum absolute atomic E-state index is 15.5. The number of aromatic nitrogens is 10. The molecule has 2 fully saturated rings. The summed E-state index contributed by atoms with van der Waals surface area (Å²) < 4.78 is 35.3. The van der Waals surface area contributed by atoms with Crippen LogP contribution in [-0.4, -0.2) is 97.3 Å². The quantitative estimate of drug-likeness (QED) is 0.149. The minimum atomic E-state index is -0.528. The number of halogens is 2. The number of benzene rings is 2. The molecule has 0 aliphatic carbocycles. The third-order valence-corrected chi connectivity index (χ3v) is 13.6. The van der Waals surface area contributed by atoms with Gasteiger partial charge in [0.05, 0.1) is 59.4 Å². The molecule has 2 aliphatic heterocycles. The third kappa shape index (κ3) is 7.66. The van der Waals surface area contributed by atoms with Crippen molar-refractivity contribution in [3.63, 3.8) is 0 Å². The highest BCUT2D eigenvalue weighted by Crippen LogP contribution is 2.33. The number of carbonyl (C=O) groups excluding carboxylic acids is 2. The predicted molar refractivity (Wildman–Crippen MR) is 244 cm³/mol. The highest BCUT2D eigenvalue weighted by molar-refractivity contribution is 7.18. The lowest BCUT2D eigenvalue weighted by molar-refractivity contribution is -0.125. The van der Waals surface area contributed by atoms with Crippen molar-refractivity contribution in [2.24, 2.45) is 0 Å². The van der Waals surface area contributed by atoms with Crippen molar-refractivity contribution in [2.45, 2.75) is 44.7 Å². The number of likely N-dealkylation sites (tertiary alicyclic amines) is 2. The lowest BCUT2D eigenvalue weighted by atomic mass is 10.1. The predicted octanol–water partition coefficient (Wildman–Crippen LogP) is 5.83. The van der Waals surface area contributed by atoms with E-state index in [-0.39, 0.29) is 58.3 Å². The maximum Gasteiger partial charge on any atom is 0.246 e. The summed E-state index contributed by atoms with van der Waals surface area (Å²) in [5.74, 6) is 10.5. The van der Waals surface area contributed by atoms with Gasteiger partial charge >= 0.3 is 0 Å². The highest BCUT2D eigenvalue weighted by Gasteiger charge is 2.31. The molecule has 2 aromatic carbocycles. The first-order valence-corrected chi connectivity index (χ1v) is 22.1. The molecule has 2 saturated heterocycles. The molecular weight excluding hydrogens is 871 g/mol. The van der Waals surface area contributed by atoms with Crippen LogP contribution in [0, 0.1) is 42.2 Å². The normalized spacial score (nSPS) is 16.7. The van der Waals surface area contributed by atoms with E-state index in [1.807, 2.05) is 13.8 Å². The Morgan fingerprint density at radius 3 is 1.85 bits per heavy atom. The molecule has 10 rings (SSSR count). The molecular formula is C45H36F2N14O2S2. The van der Waals surface area contributed by atoms with Crippen molar-refractivity contribution < 1.29 is 18.4 Å². The van der Waals surface area contributed by atoms with E-state index in [9.17, 15) is 14.0 Å². The summed E-state index contributed by atoms with van der Waals surface area (Å²) in [6, 6.07) is 5.65. The fourth-order valence-electron chi connectivity index (χ4n) is 8.17. The number of nitrogens with two attached hydrogens (primary N) is 2. The first kappa shape index (κ1) is 41.3. The molecule has 2 amide bonds. The number of allylic oxidation sites excluding steroid dienone is 1. The topological polar surface area (TPSA) is 206 Å². The second-order valence-corrected chi connectivity index (χ2v) is 18.0. The second-order valence-electron chi connectivity index (χ2n) is 15.7. The summed E-state index contributed by atoms with van der Waals surface area (Å²) in [7, 11) is 0. The van der Waals surface area contributed by atoms with Gasteiger partial charge < -0.3 is 21.3 Å². The molecule has 2 aliphatic rings. The summed E-state index contributed by atoms with van der Waals surface area (Å²) in [5.41, 5.74) is 15.6. The van der Waals surface area contributed by atoms with Gasteiger partial charge in [-0.05, 0) is 68.0 Å². The largest absolute Gasteiger partial charge is 0.383 e. The first-order valence-electron chi connectivity index (χ1n) is 20.5. The van der Waals surface area contributed by atoms with Crippen LogP contribution in [0.2, 0.25) is 0 Å². The van der Waals surface area contributed by atoms with Crippen molar-refractivity contribution in [3.05, 3.63) is 106 Å². The Hall–Kier alpha value is -7.68. The summed E-state index contributed by atoms with van der Waals surface area (Å²) in [6.45, 7) is 9.15. The second kappa shape index (κ2) is 16.5. The fraction of sp³-hybridized carbons (Fsp3) is 0.244. The van der Waals surface area contributed by atoms with Crippen LogP contribution >= 0.6 is 22.7 Å². The van der Waals surface area contributed by atoms with Crippen LogP contribution in [0.4, 0.5) is 20.4 Å². The molecule has 20 heteroatoms. The first-order chi connectivity index (χ1) is 31.4. The smallest absolute Gasteiger partial charge is 0.246 e. The standard InChI is InChI=1S/C45H36F2N14O2S2/c1-4-37(62)58-13-11-27(19-58)60-43-39(41(48)50-21-52-43)32(56-60)9-7-26-16-34-36(18-30(26)47)65-45(55-34)23(2)5-10-38(63)59-14-12-28(20-59)61-44-40(42(49)51-22-53-44)31(57-61)8-6-25-15-33-35(17-29(25)46)64-24(3)54-33/h4-5,10,15-18,21-23,27-28H,1,11-14,19-20H2,2-3H3,(H2,48,50,52)(H2,49,51,53)/b10-5-/t23?,27-,28-/m0/s1. The number of anilines is 2. The van der Waals surface area contributed by atoms with Crippen LogP contribution in [0.1, 0.15) is 70.3 Å². The molecule has 0 radical (unpaired) electrons. The lowest BCUT2D eigenvalue weighted by Crippen LogP contribution is -2.27. The van der Waals surface area contributed by atoms with Crippen LogP contribution in [-0.2, 0) is 9.59 Å². The number of nitrogens with zero attached hydrogens (tertiary/aromatic N) is 12. The van der Waals surface area contributed by atoms with Gasteiger partial charge in [0.25, 0.3) is 0 Å². The highest BCUT2D eigenvalue weighted by atomic mass is 32.1. The fourth-order valence-corrected chi connectivity index (χ4v) is 10.0. The van der Waals surface area contributed by atoms with Crippen molar-refractivity contribution in [1.82, 2.24) is 59.3 Å².